The van der Waals surface area contributed by atoms with Gasteiger partial charge in [-0.3, -0.25) is 4.79 Å². The molecule has 1 atom stereocenters. The topological polar surface area (TPSA) is 57.7 Å². The van der Waals surface area contributed by atoms with Gasteiger partial charge in [0, 0.05) is 29.4 Å². The summed E-state index contributed by atoms with van der Waals surface area (Å²) >= 11 is 1.69. The first kappa shape index (κ1) is 17.4. The van der Waals surface area contributed by atoms with Crippen LogP contribution in [-0.4, -0.2) is 48.9 Å². The molecule has 124 valence electrons. The molecular weight excluding hydrogens is 320 g/mol. The average molecular weight is 345 g/mol. The molecule has 1 aliphatic heterocycles. The van der Waals surface area contributed by atoms with Crippen LogP contribution in [0.25, 0.3) is 0 Å². The Bertz CT molecular complexity index is 620. The molecule has 0 saturated carbocycles. The van der Waals surface area contributed by atoms with Gasteiger partial charge in [0.2, 0.25) is 15.9 Å². The van der Waals surface area contributed by atoms with Gasteiger partial charge in [-0.1, -0.05) is 13.8 Å². The summed E-state index contributed by atoms with van der Waals surface area (Å²) in [5.74, 6) is -0.698. The molecule has 0 aliphatic carbocycles. The molecular formula is C15H24N2O3S2. The fourth-order valence-corrected chi connectivity index (χ4v) is 5.41. The van der Waals surface area contributed by atoms with Crippen LogP contribution in [0, 0.1) is 6.92 Å². The van der Waals surface area contributed by atoms with Crippen LogP contribution in [0.1, 0.15) is 42.5 Å². The van der Waals surface area contributed by atoms with Crippen molar-refractivity contribution in [3.63, 3.8) is 0 Å². The molecule has 1 saturated heterocycles. The zero-order valence-electron chi connectivity index (χ0n) is 13.4. The molecule has 0 unspecified atom stereocenters. The number of amides is 1. The number of aryl methyl sites for hydroxylation is 1. The smallest absolute Gasteiger partial charge is 0.239 e. The second kappa shape index (κ2) is 7.10. The highest BCUT2D eigenvalue weighted by Crippen LogP contribution is 2.35. The summed E-state index contributed by atoms with van der Waals surface area (Å²) in [5, 5.41) is 0. The van der Waals surface area contributed by atoms with E-state index in [4.69, 9.17) is 0 Å². The third-order valence-corrected chi connectivity index (χ3v) is 7.08. The molecule has 7 heteroatoms. The predicted octanol–water partition coefficient (Wildman–Crippen LogP) is 2.39. The molecule has 1 aromatic rings. The quantitative estimate of drug-likeness (QED) is 0.796. The first-order valence-corrected chi connectivity index (χ1v) is 10.1. The van der Waals surface area contributed by atoms with Crippen molar-refractivity contribution in [1.82, 2.24) is 9.21 Å². The SMILES string of the molecule is CCN(CC)S(=O)(=O)CC(=O)N1CCC[C@H]1c1ccc(C)s1. The third kappa shape index (κ3) is 3.70. The van der Waals surface area contributed by atoms with Crippen LogP contribution in [0.3, 0.4) is 0 Å². The highest BCUT2D eigenvalue weighted by Gasteiger charge is 2.34. The van der Waals surface area contributed by atoms with Crippen LogP contribution in [0.5, 0.6) is 0 Å². The van der Waals surface area contributed by atoms with Gasteiger partial charge in [0.25, 0.3) is 0 Å². The maximum atomic E-state index is 12.5. The summed E-state index contributed by atoms with van der Waals surface area (Å²) in [6.45, 7) is 7.07. The van der Waals surface area contributed by atoms with Crippen molar-refractivity contribution in [2.45, 2.75) is 39.7 Å². The van der Waals surface area contributed by atoms with Gasteiger partial charge in [-0.15, -0.1) is 11.3 Å². The number of rotatable bonds is 6. The minimum absolute atomic E-state index is 0.0399. The number of hydrogen-bond acceptors (Lipinski definition) is 4. The van der Waals surface area contributed by atoms with Crippen molar-refractivity contribution in [2.75, 3.05) is 25.4 Å². The lowest BCUT2D eigenvalue weighted by Gasteiger charge is -2.25. The number of sulfonamides is 1. The molecule has 0 bridgehead atoms. The Morgan fingerprint density at radius 2 is 2.05 bits per heavy atom. The summed E-state index contributed by atoms with van der Waals surface area (Å²) in [6, 6.07) is 4.14. The second-order valence-electron chi connectivity index (χ2n) is 5.53. The fraction of sp³-hybridized carbons (Fsp3) is 0.667. The minimum Gasteiger partial charge on any atom is -0.334 e. The van der Waals surface area contributed by atoms with Crippen LogP contribution >= 0.6 is 11.3 Å². The van der Waals surface area contributed by atoms with Crippen LogP contribution < -0.4 is 0 Å². The Kier molecular flexibility index (Phi) is 5.63. The molecule has 1 fully saturated rings. The van der Waals surface area contributed by atoms with Crippen molar-refractivity contribution in [1.29, 1.82) is 0 Å². The monoisotopic (exact) mass is 344 g/mol. The number of carbonyl (C=O) groups is 1. The number of likely N-dealkylation sites (tertiary alicyclic amines) is 1. The Hall–Kier alpha value is -0.920. The highest BCUT2D eigenvalue weighted by molar-refractivity contribution is 7.89. The maximum absolute atomic E-state index is 12.5. The van der Waals surface area contributed by atoms with E-state index in [9.17, 15) is 13.2 Å². The zero-order valence-corrected chi connectivity index (χ0v) is 15.0. The fourth-order valence-electron chi connectivity index (χ4n) is 2.94. The number of nitrogens with zero attached hydrogens (tertiary/aromatic N) is 2. The number of carbonyl (C=O) groups excluding carboxylic acids is 1. The lowest BCUT2D eigenvalue weighted by atomic mass is 10.2. The molecule has 1 amide bonds. The van der Waals surface area contributed by atoms with Crippen LogP contribution in [0.2, 0.25) is 0 Å². The summed E-state index contributed by atoms with van der Waals surface area (Å²) < 4.78 is 25.9. The van der Waals surface area contributed by atoms with Gasteiger partial charge in [-0.2, -0.15) is 0 Å². The van der Waals surface area contributed by atoms with Gasteiger partial charge in [-0.25, -0.2) is 12.7 Å². The van der Waals surface area contributed by atoms with Crippen LogP contribution in [0.4, 0.5) is 0 Å². The minimum atomic E-state index is -3.51. The lowest BCUT2D eigenvalue weighted by molar-refractivity contribution is -0.129. The Morgan fingerprint density at radius 1 is 1.36 bits per heavy atom. The van der Waals surface area contributed by atoms with E-state index in [2.05, 4.69) is 6.07 Å². The normalized spacial score (nSPS) is 19.1. The molecule has 22 heavy (non-hydrogen) atoms. The zero-order chi connectivity index (χ0) is 16.3. The molecule has 0 aromatic carbocycles. The largest absolute Gasteiger partial charge is 0.334 e. The van der Waals surface area contributed by atoms with Gasteiger partial charge < -0.3 is 4.90 Å². The Morgan fingerprint density at radius 3 is 2.59 bits per heavy atom. The van der Waals surface area contributed by atoms with Gasteiger partial charge >= 0.3 is 0 Å². The maximum Gasteiger partial charge on any atom is 0.239 e. The third-order valence-electron chi connectivity index (χ3n) is 4.07. The van der Waals surface area contributed by atoms with Crippen LogP contribution in [0.15, 0.2) is 12.1 Å². The predicted molar refractivity (Wildman–Crippen MR) is 89.5 cm³/mol. The standard InChI is InChI=1S/C15H24N2O3S2/c1-4-16(5-2)22(19,20)11-15(18)17-10-6-7-13(17)14-9-8-12(3)21-14/h8-9,13H,4-7,10-11H2,1-3H3/t13-/m0/s1. The molecule has 0 N–H and O–H groups in total. The van der Waals surface area contributed by atoms with Gasteiger partial charge in [0.1, 0.15) is 5.75 Å². The lowest BCUT2D eigenvalue weighted by Crippen LogP contribution is -2.41. The first-order chi connectivity index (χ1) is 10.4. The van der Waals surface area contributed by atoms with Crippen molar-refractivity contribution in [2.24, 2.45) is 0 Å². The first-order valence-electron chi connectivity index (χ1n) is 7.72. The molecule has 0 spiro atoms. The van der Waals surface area contributed by atoms with Crippen molar-refractivity contribution >= 4 is 27.3 Å². The van der Waals surface area contributed by atoms with E-state index in [1.165, 1.54) is 9.18 Å². The van der Waals surface area contributed by atoms with E-state index in [0.717, 1.165) is 17.7 Å². The van der Waals surface area contributed by atoms with Gasteiger partial charge in [0.15, 0.2) is 0 Å². The summed E-state index contributed by atoms with van der Waals surface area (Å²) in [4.78, 5) is 16.6. The van der Waals surface area contributed by atoms with Gasteiger partial charge in [-0.05, 0) is 31.9 Å². The highest BCUT2D eigenvalue weighted by atomic mass is 32.2. The number of thiophene rings is 1. The Balaban J connectivity index is 2.11. The molecule has 1 aliphatic rings. The van der Waals surface area contributed by atoms with E-state index in [1.807, 2.05) is 13.0 Å². The van der Waals surface area contributed by atoms with E-state index < -0.39 is 15.8 Å². The van der Waals surface area contributed by atoms with Crippen molar-refractivity contribution < 1.29 is 13.2 Å². The summed E-state index contributed by atoms with van der Waals surface area (Å²) in [7, 11) is -3.51. The van der Waals surface area contributed by atoms with E-state index in [-0.39, 0.29) is 11.9 Å². The van der Waals surface area contributed by atoms with Gasteiger partial charge in [0.05, 0.1) is 6.04 Å². The van der Waals surface area contributed by atoms with Crippen molar-refractivity contribution in [3.8, 4) is 0 Å². The molecule has 2 rings (SSSR count). The summed E-state index contributed by atoms with van der Waals surface area (Å²) in [5.41, 5.74) is 0. The molecule has 1 aromatic heterocycles. The van der Waals surface area contributed by atoms with Crippen molar-refractivity contribution in [3.05, 3.63) is 21.9 Å². The Labute approximate surface area is 137 Å². The van der Waals surface area contributed by atoms with E-state index in [0.29, 0.717) is 19.6 Å². The number of hydrogen-bond donors (Lipinski definition) is 0. The molecule has 0 radical (unpaired) electrons. The summed E-state index contributed by atoms with van der Waals surface area (Å²) in [6.07, 6.45) is 1.84. The van der Waals surface area contributed by atoms with E-state index in [1.54, 1.807) is 30.1 Å². The molecule has 2 heterocycles. The average Bonchev–Trinajstić information content (AvgIpc) is 3.07. The molecule has 5 nitrogen and oxygen atoms in total. The van der Waals surface area contributed by atoms with E-state index >= 15 is 0 Å². The van der Waals surface area contributed by atoms with Crippen LogP contribution in [-0.2, 0) is 14.8 Å². The second-order valence-corrected chi connectivity index (χ2v) is 8.82.